The maximum Gasteiger partial charge on any atom is 0.119 e. The molecule has 2 rings (SSSR count). The Morgan fingerprint density at radius 2 is 1.78 bits per heavy atom. The zero-order valence-electron chi connectivity index (χ0n) is 9.77. The van der Waals surface area contributed by atoms with E-state index in [1.165, 1.54) is 5.56 Å². The molecule has 0 aliphatic heterocycles. The van der Waals surface area contributed by atoms with Gasteiger partial charge in [-0.3, -0.25) is 0 Å². The fraction of sp³-hybridized carbons (Fsp3) is 0.133. The smallest absolute Gasteiger partial charge is 0.119 e. The largest absolute Gasteiger partial charge is 0.489 e. The van der Waals surface area contributed by atoms with Crippen LogP contribution in [0.5, 0.6) is 5.75 Å². The molecule has 0 atom stereocenters. The molecule has 0 heterocycles. The molecule has 0 amide bonds. The highest BCUT2D eigenvalue weighted by Gasteiger charge is 2.01. The first kappa shape index (κ1) is 12.7. The molecule has 2 aromatic carbocycles. The topological polar surface area (TPSA) is 33.0 Å². The van der Waals surface area contributed by atoms with Gasteiger partial charge < -0.3 is 4.74 Å². The second-order valence-electron chi connectivity index (χ2n) is 3.84. The number of ether oxygens (including phenoxy) is 1. The quantitative estimate of drug-likeness (QED) is 0.799. The molecule has 0 saturated carbocycles. The number of rotatable bonds is 4. The summed E-state index contributed by atoms with van der Waals surface area (Å²) < 4.78 is 5.67. The van der Waals surface area contributed by atoms with Crippen molar-refractivity contribution in [2.75, 3.05) is 0 Å². The van der Waals surface area contributed by atoms with E-state index in [0.717, 1.165) is 16.6 Å². The number of benzene rings is 2. The van der Waals surface area contributed by atoms with E-state index < -0.39 is 0 Å². The van der Waals surface area contributed by atoms with Crippen molar-refractivity contribution in [2.45, 2.75) is 11.9 Å². The van der Waals surface area contributed by atoms with Crippen molar-refractivity contribution in [3.8, 4) is 11.8 Å². The van der Waals surface area contributed by atoms with Crippen LogP contribution in [0.15, 0.2) is 48.5 Å². The molecule has 0 bridgehead atoms. The third-order valence-corrected chi connectivity index (χ3v) is 3.26. The summed E-state index contributed by atoms with van der Waals surface area (Å²) >= 11 is 3.40. The van der Waals surface area contributed by atoms with Crippen molar-refractivity contribution in [3.05, 3.63) is 65.2 Å². The van der Waals surface area contributed by atoms with Gasteiger partial charge in [-0.05, 0) is 23.8 Å². The predicted molar refractivity (Wildman–Crippen MR) is 74.6 cm³/mol. The minimum atomic E-state index is 0.414. The Hall–Kier alpha value is -1.79. The Balaban J connectivity index is 2.05. The van der Waals surface area contributed by atoms with Crippen molar-refractivity contribution in [2.24, 2.45) is 0 Å². The molecular weight excluding hydrogens is 290 g/mol. The van der Waals surface area contributed by atoms with Crippen LogP contribution in [0.4, 0.5) is 0 Å². The molecule has 3 heteroatoms. The molecule has 0 N–H and O–H groups in total. The molecular formula is C15H12BrNO. The summed E-state index contributed by atoms with van der Waals surface area (Å²) in [6.45, 7) is 0.414. The number of hydrogen-bond donors (Lipinski definition) is 0. The van der Waals surface area contributed by atoms with Crippen LogP contribution in [0.25, 0.3) is 0 Å². The van der Waals surface area contributed by atoms with Gasteiger partial charge in [0.25, 0.3) is 0 Å². The van der Waals surface area contributed by atoms with Crippen molar-refractivity contribution in [3.63, 3.8) is 0 Å². The normalized spacial score (nSPS) is 9.78. The Morgan fingerprint density at radius 1 is 1.06 bits per heavy atom. The lowest BCUT2D eigenvalue weighted by atomic mass is 10.1. The lowest BCUT2D eigenvalue weighted by Gasteiger charge is -2.07. The Labute approximate surface area is 115 Å². The van der Waals surface area contributed by atoms with E-state index in [4.69, 9.17) is 10.00 Å². The molecule has 0 aliphatic carbocycles. The summed E-state index contributed by atoms with van der Waals surface area (Å²) in [7, 11) is 0. The molecule has 18 heavy (non-hydrogen) atoms. The maximum absolute atomic E-state index is 8.97. The van der Waals surface area contributed by atoms with Crippen LogP contribution in [-0.4, -0.2) is 0 Å². The average Bonchev–Trinajstić information content (AvgIpc) is 2.46. The second-order valence-corrected chi connectivity index (χ2v) is 4.40. The summed E-state index contributed by atoms with van der Waals surface area (Å²) in [5.41, 5.74) is 2.78. The zero-order chi connectivity index (χ0) is 12.8. The molecule has 2 aromatic rings. The monoisotopic (exact) mass is 301 g/mol. The van der Waals surface area contributed by atoms with E-state index >= 15 is 0 Å². The Kier molecular flexibility index (Phi) is 4.38. The molecule has 0 fully saturated rings. The fourth-order valence-electron chi connectivity index (χ4n) is 1.59. The van der Waals surface area contributed by atoms with Crippen molar-refractivity contribution in [1.29, 1.82) is 5.26 Å². The van der Waals surface area contributed by atoms with E-state index in [-0.39, 0.29) is 0 Å². The number of alkyl halides is 1. The highest BCUT2D eigenvalue weighted by Crippen LogP contribution is 2.16. The highest BCUT2D eigenvalue weighted by molar-refractivity contribution is 9.08. The van der Waals surface area contributed by atoms with Crippen LogP contribution in [0.2, 0.25) is 0 Å². The molecule has 90 valence electrons. The van der Waals surface area contributed by atoms with Gasteiger partial charge in [0.2, 0.25) is 0 Å². The van der Waals surface area contributed by atoms with Gasteiger partial charge in [-0.15, -0.1) is 0 Å². The van der Waals surface area contributed by atoms with Gasteiger partial charge in [-0.25, -0.2) is 0 Å². The molecule has 0 unspecified atom stereocenters. The van der Waals surface area contributed by atoms with Crippen LogP contribution in [0.3, 0.4) is 0 Å². The lowest BCUT2D eigenvalue weighted by Crippen LogP contribution is -1.98. The van der Waals surface area contributed by atoms with Crippen molar-refractivity contribution < 1.29 is 4.74 Å². The molecule has 0 aromatic heterocycles. The summed E-state index contributed by atoms with van der Waals surface area (Å²) in [6, 6.07) is 17.5. The van der Waals surface area contributed by atoms with Gasteiger partial charge in [0.05, 0.1) is 11.6 Å². The van der Waals surface area contributed by atoms with E-state index in [0.29, 0.717) is 12.2 Å². The number of nitriles is 1. The van der Waals surface area contributed by atoms with E-state index in [1.54, 1.807) is 6.07 Å². The van der Waals surface area contributed by atoms with Gasteiger partial charge in [0, 0.05) is 10.9 Å². The van der Waals surface area contributed by atoms with Gasteiger partial charge >= 0.3 is 0 Å². The molecule has 0 saturated heterocycles. The average molecular weight is 302 g/mol. The molecule has 0 radical (unpaired) electrons. The van der Waals surface area contributed by atoms with Gasteiger partial charge in [0.15, 0.2) is 0 Å². The minimum Gasteiger partial charge on any atom is -0.489 e. The molecule has 0 aliphatic rings. The van der Waals surface area contributed by atoms with E-state index in [2.05, 4.69) is 22.0 Å². The lowest BCUT2D eigenvalue weighted by molar-refractivity contribution is 0.306. The predicted octanol–water partition coefficient (Wildman–Crippen LogP) is 4.03. The highest BCUT2D eigenvalue weighted by atomic mass is 79.9. The summed E-state index contributed by atoms with van der Waals surface area (Å²) in [6.07, 6.45) is 0. The fourth-order valence-corrected chi connectivity index (χ4v) is 1.96. The maximum atomic E-state index is 8.97. The van der Waals surface area contributed by atoms with E-state index in [9.17, 15) is 0 Å². The van der Waals surface area contributed by atoms with Gasteiger partial charge in [0.1, 0.15) is 12.4 Å². The minimum absolute atomic E-state index is 0.414. The van der Waals surface area contributed by atoms with Crippen LogP contribution in [-0.2, 0) is 11.9 Å². The Bertz CT molecular complexity index is 557. The van der Waals surface area contributed by atoms with Crippen molar-refractivity contribution in [1.82, 2.24) is 0 Å². The first-order valence-electron chi connectivity index (χ1n) is 5.59. The summed E-state index contributed by atoms with van der Waals surface area (Å²) in [5.74, 6) is 0.812. The first-order valence-corrected chi connectivity index (χ1v) is 6.71. The molecule has 2 nitrogen and oxygen atoms in total. The number of hydrogen-bond acceptors (Lipinski definition) is 2. The van der Waals surface area contributed by atoms with Crippen LogP contribution in [0, 0.1) is 11.3 Å². The first-order chi connectivity index (χ1) is 8.83. The second kappa shape index (κ2) is 6.23. The van der Waals surface area contributed by atoms with Crippen LogP contribution in [0.1, 0.15) is 16.7 Å². The number of nitrogens with zero attached hydrogens (tertiary/aromatic N) is 1. The van der Waals surface area contributed by atoms with Crippen molar-refractivity contribution >= 4 is 15.9 Å². The summed E-state index contributed by atoms with van der Waals surface area (Å²) in [5, 5.41) is 9.81. The van der Waals surface area contributed by atoms with Crippen LogP contribution < -0.4 is 4.74 Å². The summed E-state index contributed by atoms with van der Waals surface area (Å²) in [4.78, 5) is 0. The van der Waals surface area contributed by atoms with Crippen LogP contribution >= 0.6 is 15.9 Å². The SMILES string of the molecule is N#Cc1ccccc1COc1ccc(CBr)cc1. The third-order valence-electron chi connectivity index (χ3n) is 2.61. The molecule has 0 spiro atoms. The van der Waals surface area contributed by atoms with Gasteiger partial charge in [-0.1, -0.05) is 46.3 Å². The van der Waals surface area contributed by atoms with E-state index in [1.807, 2.05) is 42.5 Å². The zero-order valence-corrected chi connectivity index (χ0v) is 11.4. The third kappa shape index (κ3) is 3.12. The number of halogens is 1. The Morgan fingerprint density at radius 3 is 2.44 bits per heavy atom. The van der Waals surface area contributed by atoms with Gasteiger partial charge in [-0.2, -0.15) is 5.26 Å². The standard InChI is InChI=1S/C15H12BrNO/c16-9-12-5-7-15(8-6-12)18-11-14-4-2-1-3-13(14)10-17/h1-8H,9,11H2.